The van der Waals surface area contributed by atoms with Crippen LogP contribution in [-0.2, 0) is 11.3 Å². The Bertz CT molecular complexity index is 671. The number of aliphatic hydroxyl groups excluding tert-OH is 1. The number of aromatic nitrogens is 2. The van der Waals surface area contributed by atoms with Crippen LogP contribution < -0.4 is 10.1 Å². The summed E-state index contributed by atoms with van der Waals surface area (Å²) in [7, 11) is 0. The fraction of sp³-hybridized carbons (Fsp3) is 0.444. The number of benzene rings is 1. The fourth-order valence-electron chi connectivity index (χ4n) is 2.99. The second-order valence-corrected chi connectivity index (χ2v) is 6.18. The molecule has 24 heavy (non-hydrogen) atoms. The average molecular weight is 329 g/mol. The van der Waals surface area contributed by atoms with Crippen LogP contribution in [0.1, 0.15) is 25.0 Å². The number of carbonyl (C=O) groups excluding carboxylic acids is 1. The minimum absolute atomic E-state index is 0.0763. The molecule has 1 saturated carbocycles. The van der Waals surface area contributed by atoms with Gasteiger partial charge in [0.2, 0.25) is 5.91 Å². The highest BCUT2D eigenvalue weighted by Gasteiger charge is 2.37. The summed E-state index contributed by atoms with van der Waals surface area (Å²) in [5.74, 6) is 0.662. The Labute approximate surface area is 141 Å². The van der Waals surface area contributed by atoms with E-state index < -0.39 is 6.10 Å². The normalized spacial score (nSPS) is 23.2. The lowest BCUT2D eigenvalue weighted by Crippen LogP contribution is -2.44. The molecule has 0 saturated heterocycles. The summed E-state index contributed by atoms with van der Waals surface area (Å²) in [5, 5.41) is 17.6. The zero-order valence-corrected chi connectivity index (χ0v) is 13.8. The van der Waals surface area contributed by atoms with Crippen molar-refractivity contribution >= 4 is 5.91 Å². The average Bonchev–Trinajstić information content (AvgIpc) is 3.14. The Morgan fingerprint density at radius 1 is 1.33 bits per heavy atom. The Morgan fingerprint density at radius 3 is 2.83 bits per heavy atom. The minimum atomic E-state index is -0.693. The van der Waals surface area contributed by atoms with E-state index in [1.165, 1.54) is 0 Å². The zero-order valence-electron chi connectivity index (χ0n) is 13.8. The van der Waals surface area contributed by atoms with Gasteiger partial charge in [-0.1, -0.05) is 18.2 Å². The van der Waals surface area contributed by atoms with E-state index in [2.05, 4.69) is 10.4 Å². The standard InChI is InChI=1S/C18H23N3O3/c1-13-9-11-21(20-13)12-10-17(22)19-15-7-8-16(18(15)23)24-14-5-3-2-4-6-14/h2-6,9,11,15-16,18,23H,7-8,10,12H2,1H3,(H,19,22)/t15-,16-,18-/m1/s1. The van der Waals surface area contributed by atoms with E-state index in [4.69, 9.17) is 4.74 Å². The van der Waals surface area contributed by atoms with Gasteiger partial charge in [0.15, 0.2) is 0 Å². The first-order valence-corrected chi connectivity index (χ1v) is 8.31. The molecular weight excluding hydrogens is 306 g/mol. The SMILES string of the molecule is Cc1ccn(CCC(=O)N[C@@H]2CC[C@@H](Oc3ccccc3)[C@@H]2O)n1. The number of hydrogen-bond donors (Lipinski definition) is 2. The maximum absolute atomic E-state index is 12.1. The van der Waals surface area contributed by atoms with Gasteiger partial charge in [-0.2, -0.15) is 5.10 Å². The number of nitrogens with one attached hydrogen (secondary N) is 1. The zero-order chi connectivity index (χ0) is 16.9. The molecular formula is C18H23N3O3. The number of hydrogen-bond acceptors (Lipinski definition) is 4. The van der Waals surface area contributed by atoms with Crippen LogP contribution in [0.25, 0.3) is 0 Å². The first kappa shape index (κ1) is 16.5. The molecule has 0 bridgehead atoms. The van der Waals surface area contributed by atoms with E-state index in [0.717, 1.165) is 17.9 Å². The molecule has 1 aromatic heterocycles. The molecule has 2 aromatic rings. The molecule has 1 aliphatic rings. The van der Waals surface area contributed by atoms with Crippen molar-refractivity contribution in [1.82, 2.24) is 15.1 Å². The molecule has 0 unspecified atom stereocenters. The van der Waals surface area contributed by atoms with Crippen LogP contribution in [0, 0.1) is 6.92 Å². The summed E-state index contributed by atoms with van der Waals surface area (Å²) in [6.07, 6.45) is 2.66. The number of amides is 1. The summed E-state index contributed by atoms with van der Waals surface area (Å²) in [6.45, 7) is 2.45. The van der Waals surface area contributed by atoms with E-state index >= 15 is 0 Å². The summed E-state index contributed by atoms with van der Waals surface area (Å²) >= 11 is 0. The number of rotatable bonds is 6. The Hall–Kier alpha value is -2.34. The number of aliphatic hydroxyl groups is 1. The largest absolute Gasteiger partial charge is 0.488 e. The maximum atomic E-state index is 12.1. The van der Waals surface area contributed by atoms with Crippen LogP contribution in [-0.4, -0.2) is 39.0 Å². The van der Waals surface area contributed by atoms with E-state index in [1.807, 2.05) is 49.5 Å². The monoisotopic (exact) mass is 329 g/mol. The molecule has 1 amide bonds. The summed E-state index contributed by atoms with van der Waals surface area (Å²) in [5.41, 5.74) is 0.933. The van der Waals surface area contributed by atoms with Crippen molar-refractivity contribution < 1.29 is 14.6 Å². The van der Waals surface area contributed by atoms with Crippen LogP contribution >= 0.6 is 0 Å². The molecule has 0 spiro atoms. The summed E-state index contributed by atoms with van der Waals surface area (Å²) in [6, 6.07) is 11.1. The van der Waals surface area contributed by atoms with Gasteiger partial charge in [0.25, 0.3) is 0 Å². The van der Waals surface area contributed by atoms with Crippen molar-refractivity contribution in [2.24, 2.45) is 0 Å². The molecule has 1 heterocycles. The Morgan fingerprint density at radius 2 is 2.12 bits per heavy atom. The lowest BCUT2D eigenvalue weighted by Gasteiger charge is -2.21. The predicted octanol–water partition coefficient (Wildman–Crippen LogP) is 1.67. The van der Waals surface area contributed by atoms with Gasteiger partial charge in [-0.15, -0.1) is 0 Å². The highest BCUT2D eigenvalue weighted by atomic mass is 16.5. The van der Waals surface area contributed by atoms with Crippen molar-refractivity contribution in [2.75, 3.05) is 0 Å². The van der Waals surface area contributed by atoms with Crippen LogP contribution in [0.4, 0.5) is 0 Å². The topological polar surface area (TPSA) is 76.4 Å². The second kappa shape index (κ2) is 7.49. The first-order chi connectivity index (χ1) is 11.6. The van der Waals surface area contributed by atoms with Crippen LogP contribution in [0.2, 0.25) is 0 Å². The molecule has 0 aliphatic heterocycles. The molecule has 3 atom stereocenters. The lowest BCUT2D eigenvalue weighted by atomic mass is 10.2. The van der Waals surface area contributed by atoms with Gasteiger partial charge in [0, 0.05) is 19.2 Å². The number of para-hydroxylation sites is 1. The maximum Gasteiger partial charge on any atom is 0.222 e. The van der Waals surface area contributed by atoms with E-state index in [0.29, 0.717) is 19.4 Å². The summed E-state index contributed by atoms with van der Waals surface area (Å²) < 4.78 is 7.57. The molecule has 3 rings (SSSR count). The van der Waals surface area contributed by atoms with Gasteiger partial charge in [0.05, 0.1) is 11.7 Å². The number of nitrogens with zero attached hydrogens (tertiary/aromatic N) is 2. The molecule has 2 N–H and O–H groups in total. The fourth-order valence-corrected chi connectivity index (χ4v) is 2.99. The highest BCUT2D eigenvalue weighted by Crippen LogP contribution is 2.25. The molecule has 1 fully saturated rings. The first-order valence-electron chi connectivity index (χ1n) is 8.31. The van der Waals surface area contributed by atoms with Gasteiger partial charge in [-0.25, -0.2) is 0 Å². The highest BCUT2D eigenvalue weighted by molar-refractivity contribution is 5.76. The second-order valence-electron chi connectivity index (χ2n) is 6.18. The van der Waals surface area contributed by atoms with Gasteiger partial charge < -0.3 is 15.2 Å². The molecule has 0 radical (unpaired) electrons. The van der Waals surface area contributed by atoms with Gasteiger partial charge in [0.1, 0.15) is 18.0 Å². The van der Waals surface area contributed by atoms with Gasteiger partial charge >= 0.3 is 0 Å². The third-order valence-electron chi connectivity index (χ3n) is 4.27. The Balaban J connectivity index is 1.46. The van der Waals surface area contributed by atoms with Crippen LogP contribution in [0.15, 0.2) is 42.6 Å². The Kier molecular flexibility index (Phi) is 5.15. The van der Waals surface area contributed by atoms with Gasteiger partial charge in [-0.3, -0.25) is 9.48 Å². The van der Waals surface area contributed by atoms with Crippen molar-refractivity contribution in [3.63, 3.8) is 0 Å². The minimum Gasteiger partial charge on any atom is -0.488 e. The van der Waals surface area contributed by atoms with Crippen molar-refractivity contribution in [2.45, 2.75) is 51.0 Å². The third-order valence-corrected chi connectivity index (χ3v) is 4.27. The van der Waals surface area contributed by atoms with E-state index in [-0.39, 0.29) is 18.1 Å². The summed E-state index contributed by atoms with van der Waals surface area (Å²) in [4.78, 5) is 12.1. The molecule has 1 aromatic carbocycles. The predicted molar refractivity (Wildman–Crippen MR) is 89.6 cm³/mol. The van der Waals surface area contributed by atoms with Crippen LogP contribution in [0.3, 0.4) is 0 Å². The van der Waals surface area contributed by atoms with Crippen molar-refractivity contribution in [3.8, 4) is 5.75 Å². The lowest BCUT2D eigenvalue weighted by molar-refractivity contribution is -0.122. The van der Waals surface area contributed by atoms with Gasteiger partial charge in [-0.05, 0) is 38.0 Å². The third kappa shape index (κ3) is 4.14. The molecule has 1 aliphatic carbocycles. The molecule has 6 nitrogen and oxygen atoms in total. The van der Waals surface area contributed by atoms with E-state index in [1.54, 1.807) is 4.68 Å². The number of aryl methyl sites for hydroxylation is 2. The van der Waals surface area contributed by atoms with Crippen molar-refractivity contribution in [3.05, 3.63) is 48.3 Å². The molecule has 128 valence electrons. The number of ether oxygens (including phenoxy) is 1. The smallest absolute Gasteiger partial charge is 0.222 e. The van der Waals surface area contributed by atoms with Crippen molar-refractivity contribution in [1.29, 1.82) is 0 Å². The van der Waals surface area contributed by atoms with E-state index in [9.17, 15) is 9.90 Å². The molecule has 6 heteroatoms. The van der Waals surface area contributed by atoms with Crippen LogP contribution in [0.5, 0.6) is 5.75 Å². The number of carbonyl (C=O) groups is 1. The quantitative estimate of drug-likeness (QED) is 0.845.